The van der Waals surface area contributed by atoms with Gasteiger partial charge in [-0.05, 0) is 100 Å². The number of amides is 1. The lowest BCUT2D eigenvalue weighted by Crippen LogP contribution is -2.45. The molecule has 0 aromatic heterocycles. The van der Waals surface area contributed by atoms with Gasteiger partial charge in [0.2, 0.25) is 0 Å². The molecule has 3 N–H and O–H groups in total. The molecule has 1 heterocycles. The smallest absolute Gasteiger partial charge is 0.338 e. The first-order chi connectivity index (χ1) is 21.2. The Bertz CT molecular complexity index is 1600. The molecule has 3 aromatic rings. The predicted molar refractivity (Wildman–Crippen MR) is 183 cm³/mol. The van der Waals surface area contributed by atoms with Gasteiger partial charge >= 0.3 is 5.97 Å². The lowest BCUT2D eigenvalue weighted by Gasteiger charge is -2.30. The molecule has 0 saturated carbocycles. The summed E-state index contributed by atoms with van der Waals surface area (Å²) >= 11 is 11.1. The number of nitrogens with zero attached hydrogens (tertiary/aromatic N) is 1. The molecule has 44 heavy (non-hydrogen) atoms. The van der Waals surface area contributed by atoms with Crippen LogP contribution in [0.4, 0.5) is 0 Å². The second-order valence-corrected chi connectivity index (χ2v) is 11.9. The zero-order valence-corrected chi connectivity index (χ0v) is 28.7. The van der Waals surface area contributed by atoms with E-state index in [1.165, 1.54) is 6.21 Å². The maximum absolute atomic E-state index is 12.8. The van der Waals surface area contributed by atoms with E-state index in [0.717, 1.165) is 9.13 Å². The molecule has 3 aromatic carbocycles. The number of hydrogen-bond donors (Lipinski definition) is 3. The van der Waals surface area contributed by atoms with Crippen molar-refractivity contribution >= 4 is 73.9 Å². The summed E-state index contributed by atoms with van der Waals surface area (Å²) in [7, 11) is 1.55. The van der Waals surface area contributed by atoms with Gasteiger partial charge in [0.15, 0.2) is 23.2 Å². The van der Waals surface area contributed by atoms with Crippen LogP contribution in [0, 0.1) is 3.57 Å². The van der Waals surface area contributed by atoms with Crippen molar-refractivity contribution in [1.29, 1.82) is 0 Å². The molecule has 1 aliphatic rings. The minimum Gasteiger partial charge on any atom is -0.493 e. The number of methoxy groups -OCH3 is 1. The maximum atomic E-state index is 12.8. The zero-order chi connectivity index (χ0) is 31.6. The number of rotatable bonds is 12. The lowest BCUT2D eigenvalue weighted by molar-refractivity contribution is -0.139. The highest BCUT2D eigenvalue weighted by Gasteiger charge is 2.32. The van der Waals surface area contributed by atoms with Crippen LogP contribution in [0.1, 0.15) is 36.6 Å². The predicted octanol–water partition coefficient (Wildman–Crippen LogP) is 5.53. The first-order valence-corrected chi connectivity index (χ1v) is 15.7. The van der Waals surface area contributed by atoms with Crippen LogP contribution in [0.15, 0.2) is 81.5 Å². The molecule has 1 amide bonds. The van der Waals surface area contributed by atoms with Crippen LogP contribution in [-0.2, 0) is 20.9 Å². The van der Waals surface area contributed by atoms with E-state index in [9.17, 15) is 9.59 Å². The van der Waals surface area contributed by atoms with Gasteiger partial charge in [-0.15, -0.1) is 0 Å². The van der Waals surface area contributed by atoms with Gasteiger partial charge in [0.1, 0.15) is 12.4 Å². The Hall–Kier alpha value is -3.69. The number of benzene rings is 3. The fraction of sp³-hybridized carbons (Fsp3) is 0.226. The number of nitrogens with one attached hydrogen (secondary N) is 3. The van der Waals surface area contributed by atoms with Gasteiger partial charge in [0.25, 0.3) is 5.91 Å². The monoisotopic (exact) mass is 792 g/mol. The first-order valence-electron chi connectivity index (χ1n) is 13.4. The summed E-state index contributed by atoms with van der Waals surface area (Å²) < 4.78 is 24.4. The standard InChI is InChI=1S/C31H30BrIN4O6S/c1-4-41-30(39)28-18(2)35-31(44)36-29(28)22-7-5-6-8-24(22)43-17-27(38)37-34-15-20-13-25(40-3)26(14-23(20)32)42-16-19-9-11-21(33)12-10-19/h5-15,29H,4,16-17H2,1-3H3,(H,37,38)(H2,35,36,44)/t29-/m1/s1. The third-order valence-corrected chi connectivity index (χ3v) is 7.96. The molecule has 0 radical (unpaired) electrons. The molecule has 0 aliphatic carbocycles. The average molecular weight is 793 g/mol. The molecule has 4 rings (SSSR count). The summed E-state index contributed by atoms with van der Waals surface area (Å²) in [6.45, 7) is 3.77. The Morgan fingerprint density at radius 3 is 2.57 bits per heavy atom. The molecule has 230 valence electrons. The van der Waals surface area contributed by atoms with E-state index in [1.54, 1.807) is 51.3 Å². The van der Waals surface area contributed by atoms with Crippen molar-refractivity contribution in [2.24, 2.45) is 5.10 Å². The maximum Gasteiger partial charge on any atom is 0.338 e. The van der Waals surface area contributed by atoms with Gasteiger partial charge in [0, 0.05) is 24.9 Å². The van der Waals surface area contributed by atoms with Gasteiger partial charge in [-0.25, -0.2) is 10.2 Å². The normalized spacial score (nSPS) is 14.5. The topological polar surface area (TPSA) is 120 Å². The zero-order valence-electron chi connectivity index (χ0n) is 24.1. The third kappa shape index (κ3) is 8.70. The molecule has 0 spiro atoms. The van der Waals surface area contributed by atoms with Crippen molar-refractivity contribution < 1.29 is 28.5 Å². The molecule has 1 atom stereocenters. The Morgan fingerprint density at radius 2 is 1.84 bits per heavy atom. The van der Waals surface area contributed by atoms with Gasteiger partial charge < -0.3 is 29.6 Å². The van der Waals surface area contributed by atoms with Crippen molar-refractivity contribution in [1.82, 2.24) is 16.1 Å². The summed E-state index contributed by atoms with van der Waals surface area (Å²) in [6.07, 6.45) is 1.49. The number of para-hydroxylation sites is 1. The number of halogens is 2. The van der Waals surface area contributed by atoms with E-state index in [-0.39, 0.29) is 13.2 Å². The molecular formula is C31H30BrIN4O6S. The molecule has 0 unspecified atom stereocenters. The van der Waals surface area contributed by atoms with Crippen LogP contribution >= 0.6 is 50.7 Å². The van der Waals surface area contributed by atoms with E-state index >= 15 is 0 Å². The van der Waals surface area contributed by atoms with E-state index in [1.807, 2.05) is 30.3 Å². The number of esters is 1. The number of allylic oxidation sites excluding steroid dienone is 1. The van der Waals surface area contributed by atoms with Crippen LogP contribution in [0.25, 0.3) is 0 Å². The summed E-state index contributed by atoms with van der Waals surface area (Å²) in [4.78, 5) is 25.4. The number of carbonyl (C=O) groups is 2. The van der Waals surface area contributed by atoms with Crippen LogP contribution in [0.2, 0.25) is 0 Å². The SMILES string of the molecule is CCOC(=O)C1=C(C)NC(=S)N[C@@H]1c1ccccc1OCC(=O)NN=Cc1cc(OC)c(OCc2ccc(I)cc2)cc1Br. The molecule has 0 saturated heterocycles. The van der Waals surface area contributed by atoms with Gasteiger partial charge in [0.05, 0.1) is 31.5 Å². The summed E-state index contributed by atoms with van der Waals surface area (Å²) in [6, 6.07) is 18.0. The molecule has 0 bridgehead atoms. The highest BCUT2D eigenvalue weighted by atomic mass is 127. The second-order valence-electron chi connectivity index (χ2n) is 9.35. The number of carbonyl (C=O) groups excluding carboxylic acids is 2. The minimum atomic E-state index is -0.629. The fourth-order valence-electron chi connectivity index (χ4n) is 4.27. The van der Waals surface area contributed by atoms with Crippen LogP contribution in [-0.4, -0.2) is 43.5 Å². The Labute approximate surface area is 282 Å². The minimum absolute atomic E-state index is 0.223. The summed E-state index contributed by atoms with van der Waals surface area (Å²) in [5.41, 5.74) is 5.74. The molecule has 13 heteroatoms. The highest BCUT2D eigenvalue weighted by molar-refractivity contribution is 14.1. The summed E-state index contributed by atoms with van der Waals surface area (Å²) in [5, 5.41) is 10.5. The van der Waals surface area contributed by atoms with E-state index in [0.29, 0.717) is 55.8 Å². The molecule has 10 nitrogen and oxygen atoms in total. The van der Waals surface area contributed by atoms with Gasteiger partial charge in [-0.1, -0.05) is 30.3 Å². The lowest BCUT2D eigenvalue weighted by atomic mass is 9.95. The van der Waals surface area contributed by atoms with Crippen molar-refractivity contribution in [2.45, 2.75) is 26.5 Å². The second kappa shape index (κ2) is 15.9. The van der Waals surface area contributed by atoms with Crippen LogP contribution < -0.4 is 30.3 Å². The fourth-order valence-corrected chi connectivity index (χ4v) is 5.33. The largest absolute Gasteiger partial charge is 0.493 e. The van der Waals surface area contributed by atoms with Crippen molar-refractivity contribution in [2.75, 3.05) is 20.3 Å². The molecule has 0 fully saturated rings. The Kier molecular flexibility index (Phi) is 12.0. The molecular weight excluding hydrogens is 763 g/mol. The van der Waals surface area contributed by atoms with Gasteiger partial charge in [-0.3, -0.25) is 4.79 Å². The van der Waals surface area contributed by atoms with Crippen molar-refractivity contribution in [3.05, 3.63) is 96.7 Å². The first kappa shape index (κ1) is 33.2. The van der Waals surface area contributed by atoms with Crippen molar-refractivity contribution in [3.63, 3.8) is 0 Å². The number of thiocarbonyl (C=S) groups is 1. The van der Waals surface area contributed by atoms with Gasteiger partial charge in [-0.2, -0.15) is 5.10 Å². The average Bonchev–Trinajstić information content (AvgIpc) is 3.00. The van der Waals surface area contributed by atoms with E-state index < -0.39 is 17.9 Å². The van der Waals surface area contributed by atoms with E-state index in [2.05, 4.69) is 59.7 Å². The summed E-state index contributed by atoms with van der Waals surface area (Å²) in [5.74, 6) is 0.516. The number of hydrogen-bond acceptors (Lipinski definition) is 8. The quantitative estimate of drug-likeness (QED) is 0.0716. The molecule has 1 aliphatic heterocycles. The Balaban J connectivity index is 1.39. The Morgan fingerprint density at radius 1 is 1.09 bits per heavy atom. The van der Waals surface area contributed by atoms with E-state index in [4.69, 9.17) is 31.2 Å². The highest BCUT2D eigenvalue weighted by Crippen LogP contribution is 2.35. The van der Waals surface area contributed by atoms with Crippen LogP contribution in [0.3, 0.4) is 0 Å². The van der Waals surface area contributed by atoms with Crippen LogP contribution in [0.5, 0.6) is 17.2 Å². The number of hydrazone groups is 1. The third-order valence-electron chi connectivity index (χ3n) is 6.34. The number of ether oxygens (including phenoxy) is 4. The van der Waals surface area contributed by atoms with Crippen molar-refractivity contribution in [3.8, 4) is 17.2 Å².